The lowest BCUT2D eigenvalue weighted by Gasteiger charge is -2.16. The van der Waals surface area contributed by atoms with E-state index in [0.29, 0.717) is 13.0 Å². The molecule has 1 unspecified atom stereocenters. The zero-order valence-corrected chi connectivity index (χ0v) is 7.42. The summed E-state index contributed by atoms with van der Waals surface area (Å²) in [5, 5.41) is 0. The second-order valence-electron chi connectivity index (χ2n) is 2.88. The molecule has 1 aliphatic heterocycles. The van der Waals surface area contributed by atoms with Crippen molar-refractivity contribution >= 4 is 6.21 Å². The van der Waals surface area contributed by atoms with E-state index in [0.717, 1.165) is 5.57 Å². The molecular formula is C8H11F3N2O. The van der Waals surface area contributed by atoms with E-state index < -0.39 is 19.0 Å². The first-order valence-corrected chi connectivity index (χ1v) is 4.12. The molecule has 0 saturated carbocycles. The van der Waals surface area contributed by atoms with E-state index in [2.05, 4.69) is 9.73 Å². The molecule has 80 valence electrons. The molecule has 1 atom stereocenters. The second-order valence-corrected chi connectivity index (χ2v) is 2.88. The average Bonchev–Trinajstić information content (AvgIpc) is 2.14. The van der Waals surface area contributed by atoms with E-state index in [1.165, 1.54) is 6.21 Å². The molecule has 6 heteroatoms. The zero-order chi connectivity index (χ0) is 10.6. The van der Waals surface area contributed by atoms with Crippen LogP contribution in [0.3, 0.4) is 0 Å². The number of hydrogen-bond acceptors (Lipinski definition) is 3. The van der Waals surface area contributed by atoms with Crippen LogP contribution in [0, 0.1) is 0 Å². The van der Waals surface area contributed by atoms with Crippen LogP contribution >= 0.6 is 0 Å². The fraction of sp³-hybridized carbons (Fsp3) is 0.625. The predicted octanol–water partition coefficient (Wildman–Crippen LogP) is 1.25. The summed E-state index contributed by atoms with van der Waals surface area (Å²) < 4.78 is 39.8. The van der Waals surface area contributed by atoms with E-state index in [1.807, 2.05) is 0 Å². The van der Waals surface area contributed by atoms with Crippen LogP contribution in [0.5, 0.6) is 0 Å². The molecule has 14 heavy (non-hydrogen) atoms. The molecule has 0 spiro atoms. The van der Waals surface area contributed by atoms with Crippen molar-refractivity contribution in [1.82, 2.24) is 0 Å². The highest BCUT2D eigenvalue weighted by Gasteiger charge is 2.29. The van der Waals surface area contributed by atoms with Crippen LogP contribution in [-0.2, 0) is 4.74 Å². The van der Waals surface area contributed by atoms with Gasteiger partial charge in [-0.15, -0.1) is 0 Å². The quantitative estimate of drug-likeness (QED) is 0.758. The van der Waals surface area contributed by atoms with Crippen LogP contribution in [0.25, 0.3) is 0 Å². The Balaban J connectivity index is 2.31. The van der Waals surface area contributed by atoms with E-state index >= 15 is 0 Å². The minimum absolute atomic E-state index is 0.343. The molecule has 0 aromatic heterocycles. The molecular weight excluding hydrogens is 197 g/mol. The van der Waals surface area contributed by atoms with E-state index in [4.69, 9.17) is 5.73 Å². The van der Waals surface area contributed by atoms with Crippen molar-refractivity contribution < 1.29 is 17.9 Å². The van der Waals surface area contributed by atoms with Gasteiger partial charge in [-0.2, -0.15) is 13.2 Å². The minimum Gasteiger partial charge on any atom is -0.347 e. The highest BCUT2D eigenvalue weighted by Crippen LogP contribution is 2.18. The molecule has 0 saturated heterocycles. The maximum absolute atomic E-state index is 11.7. The Hall–Kier alpha value is -0.880. The Bertz CT molecular complexity index is 247. The van der Waals surface area contributed by atoms with Crippen LogP contribution in [-0.4, -0.2) is 31.8 Å². The monoisotopic (exact) mass is 208 g/mol. The van der Waals surface area contributed by atoms with Crippen molar-refractivity contribution in [3.8, 4) is 0 Å². The molecule has 0 fully saturated rings. The van der Waals surface area contributed by atoms with Gasteiger partial charge in [-0.05, 0) is 5.57 Å². The van der Waals surface area contributed by atoms with Crippen LogP contribution in [0.15, 0.2) is 16.6 Å². The van der Waals surface area contributed by atoms with E-state index in [9.17, 15) is 13.2 Å². The number of dihydropyridines is 1. The number of nitrogens with zero attached hydrogens (tertiary/aromatic N) is 1. The summed E-state index contributed by atoms with van der Waals surface area (Å²) >= 11 is 0. The number of ether oxygens (including phenoxy) is 1. The van der Waals surface area contributed by atoms with Crippen molar-refractivity contribution in [1.29, 1.82) is 0 Å². The highest BCUT2D eigenvalue weighted by molar-refractivity contribution is 5.79. The van der Waals surface area contributed by atoms with Gasteiger partial charge in [0.1, 0.15) is 6.61 Å². The number of aliphatic imine (C=N–C) groups is 1. The summed E-state index contributed by atoms with van der Waals surface area (Å²) in [7, 11) is 0. The van der Waals surface area contributed by atoms with Gasteiger partial charge in [0.05, 0.1) is 0 Å². The lowest BCUT2D eigenvalue weighted by molar-refractivity contribution is -0.184. The summed E-state index contributed by atoms with van der Waals surface area (Å²) in [6, 6.07) is 0. The van der Waals surface area contributed by atoms with Crippen molar-refractivity contribution in [3.05, 3.63) is 11.6 Å². The van der Waals surface area contributed by atoms with Crippen molar-refractivity contribution in [2.75, 3.05) is 13.2 Å². The van der Waals surface area contributed by atoms with Gasteiger partial charge in [0.15, 0.2) is 6.23 Å². The number of hydrogen-bond donors (Lipinski definition) is 1. The number of alkyl halides is 3. The first-order valence-electron chi connectivity index (χ1n) is 4.12. The molecule has 1 heterocycles. The topological polar surface area (TPSA) is 47.6 Å². The van der Waals surface area contributed by atoms with Crippen molar-refractivity contribution in [3.63, 3.8) is 0 Å². The summed E-state index contributed by atoms with van der Waals surface area (Å²) in [6.45, 7) is -0.920. The minimum atomic E-state index is -4.30. The maximum atomic E-state index is 11.7. The second kappa shape index (κ2) is 4.56. The van der Waals surface area contributed by atoms with Gasteiger partial charge in [-0.3, -0.25) is 4.99 Å². The number of halogens is 3. The third kappa shape index (κ3) is 3.89. The highest BCUT2D eigenvalue weighted by atomic mass is 19.4. The number of nitrogens with two attached hydrogens (primary N) is 1. The van der Waals surface area contributed by atoms with Gasteiger partial charge in [0.25, 0.3) is 0 Å². The Morgan fingerprint density at radius 1 is 1.57 bits per heavy atom. The largest absolute Gasteiger partial charge is 0.411 e. The summed E-state index contributed by atoms with van der Waals surface area (Å²) in [5.74, 6) is 0. The zero-order valence-electron chi connectivity index (χ0n) is 7.42. The molecule has 1 aliphatic rings. The smallest absolute Gasteiger partial charge is 0.347 e. The molecule has 0 radical (unpaired) electrons. The Morgan fingerprint density at radius 2 is 2.29 bits per heavy atom. The Kier molecular flexibility index (Phi) is 3.65. The molecule has 0 aromatic rings. The molecule has 3 nitrogen and oxygen atoms in total. The average molecular weight is 208 g/mol. The third-order valence-corrected chi connectivity index (χ3v) is 1.66. The van der Waals surface area contributed by atoms with Gasteiger partial charge in [-0.25, -0.2) is 0 Å². The van der Waals surface area contributed by atoms with Gasteiger partial charge in [0, 0.05) is 19.2 Å². The van der Waals surface area contributed by atoms with Crippen LogP contribution in [0.2, 0.25) is 0 Å². The Labute approximate surface area is 79.4 Å². The lowest BCUT2D eigenvalue weighted by atomic mass is 10.2. The fourth-order valence-corrected chi connectivity index (χ4v) is 0.982. The third-order valence-electron chi connectivity index (χ3n) is 1.66. The van der Waals surface area contributed by atoms with Crippen LogP contribution < -0.4 is 5.73 Å². The summed E-state index contributed by atoms with van der Waals surface area (Å²) in [4.78, 5) is 3.79. The van der Waals surface area contributed by atoms with Crippen molar-refractivity contribution in [2.45, 2.75) is 18.8 Å². The van der Waals surface area contributed by atoms with Crippen LogP contribution in [0.4, 0.5) is 13.2 Å². The molecule has 0 aromatic carbocycles. The first-order chi connectivity index (χ1) is 6.51. The Morgan fingerprint density at radius 3 is 2.71 bits per heavy atom. The fourth-order valence-electron chi connectivity index (χ4n) is 0.982. The van der Waals surface area contributed by atoms with Gasteiger partial charge >= 0.3 is 6.18 Å². The van der Waals surface area contributed by atoms with Crippen LogP contribution in [0.1, 0.15) is 6.42 Å². The van der Waals surface area contributed by atoms with E-state index in [-0.39, 0.29) is 0 Å². The normalized spacial score (nSPS) is 22.3. The molecule has 0 amide bonds. The van der Waals surface area contributed by atoms with Gasteiger partial charge in [-0.1, -0.05) is 6.08 Å². The number of rotatable bonds is 3. The SMILES string of the molecule is NCC1=CCC(OCC(F)(F)F)N=C1. The maximum Gasteiger partial charge on any atom is 0.411 e. The molecule has 0 bridgehead atoms. The summed E-state index contributed by atoms with van der Waals surface area (Å²) in [5.41, 5.74) is 6.13. The van der Waals surface area contributed by atoms with Gasteiger partial charge in [0.2, 0.25) is 0 Å². The molecule has 0 aliphatic carbocycles. The predicted molar refractivity (Wildman–Crippen MR) is 46.0 cm³/mol. The summed E-state index contributed by atoms with van der Waals surface area (Å²) in [6.07, 6.45) is -1.50. The first kappa shape index (κ1) is 11.2. The van der Waals surface area contributed by atoms with E-state index in [1.54, 1.807) is 6.08 Å². The molecule has 1 rings (SSSR count). The van der Waals surface area contributed by atoms with Crippen molar-refractivity contribution in [2.24, 2.45) is 10.7 Å². The standard InChI is InChI=1S/C8H11F3N2O/c9-8(10,11)5-14-7-2-1-6(3-12)4-13-7/h1,4,7H,2-3,5,12H2. The van der Waals surface area contributed by atoms with Gasteiger partial charge < -0.3 is 10.5 Å². The molecule has 2 N–H and O–H groups in total. The lowest BCUT2D eigenvalue weighted by Crippen LogP contribution is -2.23.